The van der Waals surface area contributed by atoms with E-state index >= 15 is 0 Å². The van der Waals surface area contributed by atoms with Gasteiger partial charge in [-0.15, -0.1) is 0 Å². The molecule has 146 valence electrons. The molecule has 0 amide bonds. The predicted molar refractivity (Wildman–Crippen MR) is 110 cm³/mol. The molecule has 0 bridgehead atoms. The van der Waals surface area contributed by atoms with Crippen LogP contribution in [0.2, 0.25) is 0 Å². The molecule has 28 heavy (non-hydrogen) atoms. The first-order valence-corrected chi connectivity index (χ1v) is 9.55. The van der Waals surface area contributed by atoms with Crippen LogP contribution in [-0.2, 0) is 0 Å². The van der Waals surface area contributed by atoms with Gasteiger partial charge >= 0.3 is 0 Å². The summed E-state index contributed by atoms with van der Waals surface area (Å²) in [5.74, 6) is 1.32. The van der Waals surface area contributed by atoms with Crippen molar-refractivity contribution in [1.82, 2.24) is 24.8 Å². The average molecular weight is 379 g/mol. The third-order valence-corrected chi connectivity index (χ3v) is 5.16. The van der Waals surface area contributed by atoms with Gasteiger partial charge in [-0.25, -0.2) is 9.97 Å². The summed E-state index contributed by atoms with van der Waals surface area (Å²) in [5, 5.41) is 12.5. The molecule has 0 radical (unpaired) electrons. The lowest BCUT2D eigenvalue weighted by atomic mass is 10.1. The van der Waals surface area contributed by atoms with Crippen LogP contribution >= 0.6 is 0 Å². The molecule has 1 aromatic carbocycles. The van der Waals surface area contributed by atoms with Gasteiger partial charge in [0.25, 0.3) is 0 Å². The van der Waals surface area contributed by atoms with Crippen LogP contribution in [0.1, 0.15) is 11.1 Å². The van der Waals surface area contributed by atoms with Crippen LogP contribution in [0, 0.1) is 13.8 Å². The second-order valence-electron chi connectivity index (χ2n) is 7.08. The molecule has 4 rings (SSSR count). The molecule has 0 saturated carbocycles. The first-order valence-electron chi connectivity index (χ1n) is 9.55. The van der Waals surface area contributed by atoms with Crippen molar-refractivity contribution >= 4 is 28.6 Å². The molecular formula is C20H25N7O. The minimum atomic E-state index is 0.187. The second kappa shape index (κ2) is 8.04. The van der Waals surface area contributed by atoms with Crippen LogP contribution < -0.4 is 10.2 Å². The Morgan fingerprint density at radius 2 is 1.79 bits per heavy atom. The summed E-state index contributed by atoms with van der Waals surface area (Å²) < 4.78 is 0. The van der Waals surface area contributed by atoms with Gasteiger partial charge < -0.3 is 15.3 Å². The standard InChI is InChI=1S/C20H25N7O/c1-14-3-4-16(13-15(14)2)23-19-17-18(22-6-5-21-17)24-20(25-19)27-9-7-26(8-10-27)11-12-28/h3-6,13,28H,7-12H2,1-2H3,(H,22,23,24,25). The Morgan fingerprint density at radius 3 is 2.54 bits per heavy atom. The zero-order valence-corrected chi connectivity index (χ0v) is 16.3. The van der Waals surface area contributed by atoms with E-state index in [1.807, 2.05) is 6.07 Å². The van der Waals surface area contributed by atoms with Crippen molar-refractivity contribution < 1.29 is 5.11 Å². The van der Waals surface area contributed by atoms with Crippen LogP contribution in [0.3, 0.4) is 0 Å². The molecule has 2 N–H and O–H groups in total. The van der Waals surface area contributed by atoms with E-state index in [9.17, 15) is 0 Å². The van der Waals surface area contributed by atoms with Crippen molar-refractivity contribution in [3.05, 3.63) is 41.7 Å². The van der Waals surface area contributed by atoms with Crippen molar-refractivity contribution in [2.75, 3.05) is 49.5 Å². The maximum Gasteiger partial charge on any atom is 0.229 e. The third-order valence-electron chi connectivity index (χ3n) is 5.16. The molecule has 3 aromatic rings. The summed E-state index contributed by atoms with van der Waals surface area (Å²) >= 11 is 0. The Labute approximate surface area is 164 Å². The Morgan fingerprint density at radius 1 is 1.00 bits per heavy atom. The van der Waals surface area contributed by atoms with Crippen molar-refractivity contribution in [3.8, 4) is 0 Å². The third kappa shape index (κ3) is 3.88. The molecule has 3 heterocycles. The topological polar surface area (TPSA) is 90.3 Å². The number of aliphatic hydroxyl groups excluding tert-OH is 1. The Hall–Kier alpha value is -2.84. The number of aryl methyl sites for hydroxylation is 2. The van der Waals surface area contributed by atoms with Crippen LogP contribution in [0.25, 0.3) is 11.2 Å². The summed E-state index contributed by atoms with van der Waals surface area (Å²) in [5.41, 5.74) is 4.67. The number of anilines is 3. The molecular weight excluding hydrogens is 354 g/mol. The van der Waals surface area contributed by atoms with Crippen LogP contribution in [0.5, 0.6) is 0 Å². The fourth-order valence-electron chi connectivity index (χ4n) is 3.35. The SMILES string of the molecule is Cc1ccc(Nc2nc(N3CCN(CCO)CC3)nc3nccnc23)cc1C. The summed E-state index contributed by atoms with van der Waals surface area (Å²) in [6.45, 7) is 8.47. The molecule has 0 spiro atoms. The quantitative estimate of drug-likeness (QED) is 0.695. The zero-order valence-electron chi connectivity index (χ0n) is 16.3. The smallest absolute Gasteiger partial charge is 0.229 e. The highest BCUT2D eigenvalue weighted by atomic mass is 16.3. The molecule has 1 aliphatic rings. The summed E-state index contributed by atoms with van der Waals surface area (Å²) in [7, 11) is 0. The molecule has 1 aliphatic heterocycles. The number of fused-ring (bicyclic) bond motifs is 1. The maximum absolute atomic E-state index is 9.13. The Bertz CT molecular complexity index is 970. The maximum atomic E-state index is 9.13. The first kappa shape index (κ1) is 18.5. The summed E-state index contributed by atoms with van der Waals surface area (Å²) in [4.78, 5) is 22.6. The number of β-amino-alcohol motifs (C(OH)–C–C–N with tert-alkyl or cyclic N) is 1. The first-order chi connectivity index (χ1) is 13.6. The lowest BCUT2D eigenvalue weighted by molar-refractivity contribution is 0.188. The largest absolute Gasteiger partial charge is 0.395 e. The van der Waals surface area contributed by atoms with Gasteiger partial charge in [-0.1, -0.05) is 6.07 Å². The Balaban J connectivity index is 1.65. The number of hydrogen-bond donors (Lipinski definition) is 2. The average Bonchev–Trinajstić information content (AvgIpc) is 2.71. The molecule has 8 heteroatoms. The molecule has 0 aliphatic carbocycles. The summed E-state index contributed by atoms with van der Waals surface area (Å²) in [6, 6.07) is 6.24. The van der Waals surface area contributed by atoms with Crippen molar-refractivity contribution in [3.63, 3.8) is 0 Å². The number of nitrogens with zero attached hydrogens (tertiary/aromatic N) is 6. The fraction of sp³-hybridized carbons (Fsp3) is 0.400. The van der Waals surface area contributed by atoms with Crippen molar-refractivity contribution in [2.45, 2.75) is 13.8 Å². The van der Waals surface area contributed by atoms with Gasteiger partial charge in [-0.3, -0.25) is 4.90 Å². The number of nitrogens with one attached hydrogen (secondary N) is 1. The second-order valence-corrected chi connectivity index (χ2v) is 7.08. The normalized spacial score (nSPS) is 15.2. The van der Waals surface area contributed by atoms with E-state index in [1.165, 1.54) is 11.1 Å². The number of rotatable bonds is 5. The van der Waals surface area contributed by atoms with E-state index < -0.39 is 0 Å². The minimum absolute atomic E-state index is 0.187. The highest BCUT2D eigenvalue weighted by molar-refractivity contribution is 5.85. The van der Waals surface area contributed by atoms with E-state index in [2.05, 4.69) is 56.0 Å². The number of piperazine rings is 1. The van der Waals surface area contributed by atoms with Crippen molar-refractivity contribution in [2.24, 2.45) is 0 Å². The van der Waals surface area contributed by atoms with Gasteiger partial charge in [0.15, 0.2) is 17.0 Å². The van der Waals surface area contributed by atoms with Crippen LogP contribution in [-0.4, -0.2) is 69.3 Å². The van der Waals surface area contributed by atoms with Gasteiger partial charge in [0.05, 0.1) is 6.61 Å². The minimum Gasteiger partial charge on any atom is -0.395 e. The van der Waals surface area contributed by atoms with Gasteiger partial charge in [0, 0.05) is 50.8 Å². The molecule has 1 fully saturated rings. The molecule has 2 aromatic heterocycles. The lowest BCUT2D eigenvalue weighted by Gasteiger charge is -2.34. The number of hydrogen-bond acceptors (Lipinski definition) is 8. The van der Waals surface area contributed by atoms with Gasteiger partial charge in [0.1, 0.15) is 0 Å². The van der Waals surface area contributed by atoms with E-state index in [0.717, 1.165) is 31.9 Å². The van der Waals surface area contributed by atoms with E-state index in [1.54, 1.807) is 12.4 Å². The highest BCUT2D eigenvalue weighted by Crippen LogP contribution is 2.25. The lowest BCUT2D eigenvalue weighted by Crippen LogP contribution is -2.47. The van der Waals surface area contributed by atoms with E-state index in [0.29, 0.717) is 29.5 Å². The summed E-state index contributed by atoms with van der Waals surface area (Å²) in [6.07, 6.45) is 3.31. The predicted octanol–water partition coefficient (Wildman–Crippen LogP) is 1.89. The monoisotopic (exact) mass is 379 g/mol. The molecule has 1 saturated heterocycles. The van der Waals surface area contributed by atoms with Crippen LogP contribution in [0.15, 0.2) is 30.6 Å². The Kier molecular flexibility index (Phi) is 5.31. The van der Waals surface area contributed by atoms with Gasteiger partial charge in [-0.2, -0.15) is 9.97 Å². The van der Waals surface area contributed by atoms with Crippen LogP contribution in [0.4, 0.5) is 17.5 Å². The fourth-order valence-corrected chi connectivity index (χ4v) is 3.35. The van der Waals surface area contributed by atoms with Crippen molar-refractivity contribution in [1.29, 1.82) is 0 Å². The van der Waals surface area contributed by atoms with E-state index in [4.69, 9.17) is 10.1 Å². The van der Waals surface area contributed by atoms with E-state index in [-0.39, 0.29) is 6.61 Å². The number of aromatic nitrogens is 4. The van der Waals surface area contributed by atoms with Gasteiger partial charge in [0.2, 0.25) is 5.95 Å². The number of aliphatic hydroxyl groups is 1. The highest BCUT2D eigenvalue weighted by Gasteiger charge is 2.20. The number of benzene rings is 1. The molecule has 8 nitrogen and oxygen atoms in total. The zero-order chi connectivity index (χ0) is 19.5. The molecule has 0 atom stereocenters. The molecule has 0 unspecified atom stereocenters. The van der Waals surface area contributed by atoms with Gasteiger partial charge in [-0.05, 0) is 37.1 Å².